The molecule has 2 aromatic carbocycles. The summed E-state index contributed by atoms with van der Waals surface area (Å²) in [5.41, 5.74) is 5.36. The quantitative estimate of drug-likeness (QED) is 0.365. The SMILES string of the molecule is Nc1ccc(C(=O)NCCOc2ccc(Cl)cc2)cc1[N+](=O)[O-]. The van der Waals surface area contributed by atoms with E-state index in [4.69, 9.17) is 22.1 Å². The average molecular weight is 336 g/mol. The molecule has 0 radical (unpaired) electrons. The van der Waals surface area contributed by atoms with Crippen molar-refractivity contribution in [3.05, 3.63) is 63.2 Å². The normalized spacial score (nSPS) is 10.1. The van der Waals surface area contributed by atoms with Crippen LogP contribution in [0, 0.1) is 10.1 Å². The molecule has 7 nitrogen and oxygen atoms in total. The Morgan fingerprint density at radius 3 is 2.61 bits per heavy atom. The maximum atomic E-state index is 11.9. The van der Waals surface area contributed by atoms with Gasteiger partial charge in [-0.1, -0.05) is 11.6 Å². The molecule has 0 saturated heterocycles. The predicted molar refractivity (Wildman–Crippen MR) is 86.8 cm³/mol. The second-order valence-corrected chi connectivity index (χ2v) is 5.03. The lowest BCUT2D eigenvalue weighted by Crippen LogP contribution is -2.28. The first-order chi connectivity index (χ1) is 11.0. The van der Waals surface area contributed by atoms with Gasteiger partial charge in [-0.2, -0.15) is 0 Å². The largest absolute Gasteiger partial charge is 0.492 e. The Morgan fingerprint density at radius 2 is 1.96 bits per heavy atom. The van der Waals surface area contributed by atoms with E-state index in [1.165, 1.54) is 12.1 Å². The Hall–Kier alpha value is -2.80. The zero-order chi connectivity index (χ0) is 16.8. The minimum Gasteiger partial charge on any atom is -0.492 e. The molecule has 120 valence electrons. The monoisotopic (exact) mass is 335 g/mol. The fourth-order valence-electron chi connectivity index (χ4n) is 1.81. The van der Waals surface area contributed by atoms with Gasteiger partial charge in [-0.3, -0.25) is 14.9 Å². The molecule has 1 amide bonds. The molecule has 0 aromatic heterocycles. The van der Waals surface area contributed by atoms with Crippen LogP contribution in [0.4, 0.5) is 11.4 Å². The lowest BCUT2D eigenvalue weighted by atomic mass is 10.1. The number of anilines is 1. The smallest absolute Gasteiger partial charge is 0.292 e. The molecule has 0 unspecified atom stereocenters. The minimum absolute atomic E-state index is 0.0117. The molecule has 0 heterocycles. The van der Waals surface area contributed by atoms with Gasteiger partial charge in [-0.25, -0.2) is 0 Å². The van der Waals surface area contributed by atoms with E-state index < -0.39 is 10.8 Å². The Morgan fingerprint density at radius 1 is 1.26 bits per heavy atom. The van der Waals surface area contributed by atoms with Crippen molar-refractivity contribution in [1.29, 1.82) is 0 Å². The first-order valence-electron chi connectivity index (χ1n) is 6.68. The molecule has 2 rings (SSSR count). The summed E-state index contributed by atoms with van der Waals surface area (Å²) in [6, 6.07) is 10.7. The number of amides is 1. The Balaban J connectivity index is 1.86. The molecule has 0 aliphatic rings. The van der Waals surface area contributed by atoms with Crippen molar-refractivity contribution in [1.82, 2.24) is 5.32 Å². The maximum absolute atomic E-state index is 11.9. The van der Waals surface area contributed by atoms with Gasteiger partial charge in [0.25, 0.3) is 11.6 Å². The van der Waals surface area contributed by atoms with Gasteiger partial charge in [0.1, 0.15) is 18.0 Å². The summed E-state index contributed by atoms with van der Waals surface area (Å²) < 4.78 is 5.43. The number of nitro groups is 1. The topological polar surface area (TPSA) is 107 Å². The number of hydrogen-bond acceptors (Lipinski definition) is 5. The van der Waals surface area contributed by atoms with Gasteiger partial charge >= 0.3 is 0 Å². The van der Waals surface area contributed by atoms with E-state index in [9.17, 15) is 14.9 Å². The summed E-state index contributed by atoms with van der Waals surface area (Å²) in [5, 5.41) is 14.0. The molecular formula is C15H14ClN3O4. The first kappa shape index (κ1) is 16.6. The summed E-state index contributed by atoms with van der Waals surface area (Å²) in [5.74, 6) is 0.194. The molecule has 0 fully saturated rings. The number of halogens is 1. The van der Waals surface area contributed by atoms with Crippen molar-refractivity contribution in [2.75, 3.05) is 18.9 Å². The third-order valence-electron chi connectivity index (χ3n) is 2.96. The Bertz CT molecular complexity index is 719. The number of nitrogen functional groups attached to an aromatic ring is 1. The highest BCUT2D eigenvalue weighted by Gasteiger charge is 2.15. The highest BCUT2D eigenvalue weighted by molar-refractivity contribution is 6.30. The third kappa shape index (κ3) is 4.58. The molecule has 0 atom stereocenters. The van der Waals surface area contributed by atoms with Crippen LogP contribution in [0.25, 0.3) is 0 Å². The molecule has 3 N–H and O–H groups in total. The summed E-state index contributed by atoms with van der Waals surface area (Å²) in [6.45, 7) is 0.504. The molecule has 0 aliphatic heterocycles. The van der Waals surface area contributed by atoms with E-state index in [1.54, 1.807) is 24.3 Å². The van der Waals surface area contributed by atoms with E-state index in [1.807, 2.05) is 0 Å². The van der Waals surface area contributed by atoms with Crippen LogP contribution in [0.2, 0.25) is 5.02 Å². The van der Waals surface area contributed by atoms with E-state index in [0.29, 0.717) is 10.8 Å². The fourth-order valence-corrected chi connectivity index (χ4v) is 1.94. The highest BCUT2D eigenvalue weighted by atomic mass is 35.5. The van der Waals surface area contributed by atoms with Crippen molar-refractivity contribution >= 4 is 28.9 Å². The molecule has 23 heavy (non-hydrogen) atoms. The number of nitrogens with two attached hydrogens (primary N) is 1. The highest BCUT2D eigenvalue weighted by Crippen LogP contribution is 2.22. The van der Waals surface area contributed by atoms with Gasteiger partial charge in [-0.15, -0.1) is 0 Å². The molecule has 0 aliphatic carbocycles. The van der Waals surface area contributed by atoms with Crippen LogP contribution in [0.5, 0.6) is 5.75 Å². The molecule has 0 bridgehead atoms. The molecule has 0 saturated carbocycles. The van der Waals surface area contributed by atoms with Crippen molar-refractivity contribution in [2.24, 2.45) is 0 Å². The summed E-state index contributed by atoms with van der Waals surface area (Å²) in [4.78, 5) is 22.1. The second-order valence-electron chi connectivity index (χ2n) is 4.59. The number of hydrogen-bond donors (Lipinski definition) is 2. The van der Waals surface area contributed by atoms with E-state index >= 15 is 0 Å². The molecule has 2 aromatic rings. The van der Waals surface area contributed by atoms with Crippen LogP contribution in [0.15, 0.2) is 42.5 Å². The summed E-state index contributed by atoms with van der Waals surface area (Å²) in [7, 11) is 0. The minimum atomic E-state index is -0.629. The third-order valence-corrected chi connectivity index (χ3v) is 3.21. The van der Waals surface area contributed by atoms with Gasteiger partial charge in [-0.05, 0) is 36.4 Å². The van der Waals surface area contributed by atoms with Crippen LogP contribution >= 0.6 is 11.6 Å². The van der Waals surface area contributed by atoms with Crippen molar-refractivity contribution in [2.45, 2.75) is 0 Å². The number of carbonyl (C=O) groups excluding carboxylic acids is 1. The number of nitro benzene ring substituents is 1. The van der Waals surface area contributed by atoms with Gasteiger partial charge in [0, 0.05) is 16.7 Å². The maximum Gasteiger partial charge on any atom is 0.292 e. The van der Waals surface area contributed by atoms with Crippen LogP contribution in [-0.2, 0) is 0 Å². The zero-order valence-corrected chi connectivity index (χ0v) is 12.7. The number of carbonyl (C=O) groups is 1. The molecular weight excluding hydrogens is 322 g/mol. The fraction of sp³-hybridized carbons (Fsp3) is 0.133. The Labute approximate surface area is 137 Å². The van der Waals surface area contributed by atoms with Crippen LogP contribution in [-0.4, -0.2) is 24.0 Å². The lowest BCUT2D eigenvalue weighted by Gasteiger charge is -2.08. The number of rotatable bonds is 6. The van der Waals surface area contributed by atoms with Gasteiger partial charge in [0.2, 0.25) is 0 Å². The van der Waals surface area contributed by atoms with E-state index in [2.05, 4.69) is 5.32 Å². The van der Waals surface area contributed by atoms with Gasteiger partial charge < -0.3 is 15.8 Å². The first-order valence-corrected chi connectivity index (χ1v) is 7.05. The van der Waals surface area contributed by atoms with Crippen molar-refractivity contribution < 1.29 is 14.5 Å². The average Bonchev–Trinajstić information content (AvgIpc) is 2.53. The van der Waals surface area contributed by atoms with Gasteiger partial charge in [0.15, 0.2) is 0 Å². The predicted octanol–water partition coefficient (Wildman–Crippen LogP) is 2.64. The second kappa shape index (κ2) is 7.46. The van der Waals surface area contributed by atoms with Crippen molar-refractivity contribution in [3.63, 3.8) is 0 Å². The van der Waals surface area contributed by atoms with E-state index in [0.717, 1.165) is 6.07 Å². The summed E-state index contributed by atoms with van der Waals surface area (Å²) >= 11 is 5.76. The zero-order valence-electron chi connectivity index (χ0n) is 12.0. The van der Waals surface area contributed by atoms with Gasteiger partial charge in [0.05, 0.1) is 11.5 Å². The van der Waals surface area contributed by atoms with Crippen LogP contribution in [0.1, 0.15) is 10.4 Å². The van der Waals surface area contributed by atoms with Crippen LogP contribution in [0.3, 0.4) is 0 Å². The Kier molecular flexibility index (Phi) is 5.37. The number of nitrogens with zero attached hydrogens (tertiary/aromatic N) is 1. The van der Waals surface area contributed by atoms with Crippen molar-refractivity contribution in [3.8, 4) is 5.75 Å². The van der Waals surface area contributed by atoms with E-state index in [-0.39, 0.29) is 30.1 Å². The number of benzene rings is 2. The summed E-state index contributed by atoms with van der Waals surface area (Å²) in [6.07, 6.45) is 0. The number of nitrogens with one attached hydrogen (secondary N) is 1. The lowest BCUT2D eigenvalue weighted by molar-refractivity contribution is -0.383. The standard InChI is InChI=1S/C15H14ClN3O4/c16-11-2-4-12(5-3-11)23-8-7-18-15(20)10-1-6-13(17)14(9-10)19(21)22/h1-6,9H,7-8,17H2,(H,18,20). The molecule has 8 heteroatoms. The number of ether oxygens (including phenoxy) is 1. The molecule has 0 spiro atoms. The van der Waals surface area contributed by atoms with Crippen LogP contribution < -0.4 is 15.8 Å².